The third-order valence-electron chi connectivity index (χ3n) is 2.50. The van der Waals surface area contributed by atoms with Gasteiger partial charge in [-0.05, 0) is 43.4 Å². The van der Waals surface area contributed by atoms with Crippen molar-refractivity contribution >= 4 is 40.7 Å². The zero-order valence-electron chi connectivity index (χ0n) is 10.9. The van der Waals surface area contributed by atoms with Crippen LogP contribution in [0.15, 0.2) is 29.2 Å². The molecule has 2 N–H and O–H groups in total. The summed E-state index contributed by atoms with van der Waals surface area (Å²) in [5.41, 5.74) is 0. The molecule has 1 aromatic carbocycles. The first-order valence-electron chi connectivity index (χ1n) is 6.19. The number of aliphatic hydroxyl groups excluding tert-OH is 1. The Morgan fingerprint density at radius 1 is 1.42 bits per heavy atom. The average Bonchev–Trinajstić information content (AvgIpc) is 2.42. The lowest BCUT2D eigenvalue weighted by atomic mass is 10.4. The van der Waals surface area contributed by atoms with E-state index in [4.69, 9.17) is 28.9 Å². The van der Waals surface area contributed by atoms with Crippen molar-refractivity contribution in [1.29, 1.82) is 0 Å². The molecule has 3 nitrogen and oxygen atoms in total. The number of rotatable bonds is 7. The Morgan fingerprint density at radius 3 is 2.68 bits per heavy atom. The molecule has 0 radical (unpaired) electrons. The van der Waals surface area contributed by atoms with Crippen molar-refractivity contribution in [3.63, 3.8) is 0 Å². The van der Waals surface area contributed by atoms with Crippen LogP contribution in [0.4, 0.5) is 0 Å². The number of thioether (sulfide) groups is 1. The van der Waals surface area contributed by atoms with Gasteiger partial charge in [-0.3, -0.25) is 0 Å². The molecule has 0 unspecified atom stereocenters. The van der Waals surface area contributed by atoms with E-state index in [2.05, 4.69) is 5.32 Å². The second-order valence-corrected chi connectivity index (χ2v) is 5.83. The molecule has 0 fully saturated rings. The van der Waals surface area contributed by atoms with Crippen LogP contribution >= 0.6 is 35.6 Å². The highest BCUT2D eigenvalue weighted by Crippen LogP contribution is 2.19. The van der Waals surface area contributed by atoms with E-state index in [-0.39, 0.29) is 6.61 Å². The number of benzene rings is 1. The molecule has 0 aliphatic carbocycles. The third-order valence-corrected chi connectivity index (χ3v) is 4.17. The van der Waals surface area contributed by atoms with Crippen molar-refractivity contribution in [3.8, 4) is 0 Å². The van der Waals surface area contributed by atoms with Crippen LogP contribution in [0.25, 0.3) is 0 Å². The number of thiocarbonyl (C=S) groups is 1. The van der Waals surface area contributed by atoms with Crippen molar-refractivity contribution < 1.29 is 5.11 Å². The maximum Gasteiger partial charge on any atom is 0.169 e. The Morgan fingerprint density at radius 2 is 2.11 bits per heavy atom. The zero-order valence-corrected chi connectivity index (χ0v) is 13.3. The zero-order chi connectivity index (χ0) is 14.1. The SMILES string of the molecule is CCN(CCO)C(=S)NCCSc1ccc(Cl)cc1. The van der Waals surface area contributed by atoms with Gasteiger partial charge >= 0.3 is 0 Å². The molecule has 0 saturated carbocycles. The summed E-state index contributed by atoms with van der Waals surface area (Å²) in [4.78, 5) is 3.14. The smallest absolute Gasteiger partial charge is 0.169 e. The summed E-state index contributed by atoms with van der Waals surface area (Å²) >= 11 is 12.8. The van der Waals surface area contributed by atoms with Crippen LogP contribution in [0.1, 0.15) is 6.92 Å². The van der Waals surface area contributed by atoms with Gasteiger partial charge in [0.15, 0.2) is 5.11 Å². The molecule has 0 bridgehead atoms. The number of likely N-dealkylation sites (N-methyl/N-ethyl adjacent to an activating group) is 1. The first-order valence-corrected chi connectivity index (χ1v) is 7.96. The minimum absolute atomic E-state index is 0.120. The van der Waals surface area contributed by atoms with E-state index in [1.807, 2.05) is 36.1 Å². The van der Waals surface area contributed by atoms with Gasteiger partial charge in [0.25, 0.3) is 0 Å². The number of hydrogen-bond acceptors (Lipinski definition) is 3. The quantitative estimate of drug-likeness (QED) is 0.459. The average molecular weight is 319 g/mol. The fourth-order valence-corrected chi connectivity index (χ4v) is 2.71. The van der Waals surface area contributed by atoms with Crippen LogP contribution in [0.2, 0.25) is 5.02 Å². The predicted molar refractivity (Wildman–Crippen MR) is 87.1 cm³/mol. The molecule has 19 heavy (non-hydrogen) atoms. The van der Waals surface area contributed by atoms with Crippen LogP contribution < -0.4 is 5.32 Å². The minimum atomic E-state index is 0.120. The molecule has 106 valence electrons. The lowest BCUT2D eigenvalue weighted by Crippen LogP contribution is -2.41. The standard InChI is InChI=1S/C13H19ClN2OS2/c1-2-16(8-9-17)13(18)15-7-10-19-12-5-3-11(14)4-6-12/h3-6,17H,2,7-10H2,1H3,(H,15,18). The number of aliphatic hydroxyl groups is 1. The van der Waals surface area contributed by atoms with Gasteiger partial charge in [-0.15, -0.1) is 11.8 Å². The highest BCUT2D eigenvalue weighted by atomic mass is 35.5. The van der Waals surface area contributed by atoms with Gasteiger partial charge in [-0.1, -0.05) is 11.6 Å². The van der Waals surface area contributed by atoms with E-state index in [0.717, 1.165) is 23.9 Å². The molecule has 6 heteroatoms. The molecule has 1 aromatic rings. The Hall–Kier alpha value is -0.490. The van der Waals surface area contributed by atoms with Gasteiger partial charge < -0.3 is 15.3 Å². The molecule has 0 amide bonds. The maximum atomic E-state index is 8.92. The predicted octanol–water partition coefficient (Wildman–Crippen LogP) is 2.62. The third kappa shape index (κ3) is 6.47. The molecule has 0 aliphatic rings. The second-order valence-electron chi connectivity index (χ2n) is 3.84. The van der Waals surface area contributed by atoms with E-state index in [1.54, 1.807) is 11.8 Å². The van der Waals surface area contributed by atoms with Crippen molar-refractivity contribution in [2.45, 2.75) is 11.8 Å². The summed E-state index contributed by atoms with van der Waals surface area (Å²) in [5.74, 6) is 0.929. The summed E-state index contributed by atoms with van der Waals surface area (Å²) in [7, 11) is 0. The fraction of sp³-hybridized carbons (Fsp3) is 0.462. The summed E-state index contributed by atoms with van der Waals surface area (Å²) in [6, 6.07) is 7.80. The molecule has 0 aliphatic heterocycles. The molecule has 0 spiro atoms. The monoisotopic (exact) mass is 318 g/mol. The summed E-state index contributed by atoms with van der Waals surface area (Å²) in [6.07, 6.45) is 0. The van der Waals surface area contributed by atoms with Crippen LogP contribution in [0.3, 0.4) is 0 Å². The Kier molecular flexibility index (Phi) is 8.21. The first-order chi connectivity index (χ1) is 9.17. The van der Waals surface area contributed by atoms with Crippen LogP contribution in [0, 0.1) is 0 Å². The van der Waals surface area contributed by atoms with Gasteiger partial charge in [0.2, 0.25) is 0 Å². The van der Waals surface area contributed by atoms with Gasteiger partial charge in [0, 0.05) is 35.3 Å². The van der Waals surface area contributed by atoms with Gasteiger partial charge in [0.05, 0.1) is 6.61 Å². The molecule has 0 heterocycles. The van der Waals surface area contributed by atoms with Crippen molar-refractivity contribution in [1.82, 2.24) is 10.2 Å². The molecule has 1 rings (SSSR count). The molecular formula is C13H19ClN2OS2. The lowest BCUT2D eigenvalue weighted by molar-refractivity contribution is 0.252. The van der Waals surface area contributed by atoms with Crippen LogP contribution in [0.5, 0.6) is 0 Å². The van der Waals surface area contributed by atoms with Gasteiger partial charge in [0.1, 0.15) is 0 Å². The van der Waals surface area contributed by atoms with Gasteiger partial charge in [-0.2, -0.15) is 0 Å². The Labute approximate surface area is 129 Å². The summed E-state index contributed by atoms with van der Waals surface area (Å²) < 4.78 is 0. The molecule has 0 saturated heterocycles. The van der Waals surface area contributed by atoms with Crippen LogP contribution in [-0.2, 0) is 0 Å². The maximum absolute atomic E-state index is 8.92. The number of hydrogen-bond donors (Lipinski definition) is 2. The number of nitrogens with one attached hydrogen (secondary N) is 1. The van der Waals surface area contributed by atoms with Crippen LogP contribution in [-0.4, -0.2) is 47.1 Å². The summed E-state index contributed by atoms with van der Waals surface area (Å²) in [5, 5.41) is 13.6. The van der Waals surface area contributed by atoms with E-state index in [1.165, 1.54) is 4.90 Å². The van der Waals surface area contributed by atoms with E-state index in [0.29, 0.717) is 11.7 Å². The second kappa shape index (κ2) is 9.42. The van der Waals surface area contributed by atoms with E-state index >= 15 is 0 Å². The largest absolute Gasteiger partial charge is 0.395 e. The highest BCUT2D eigenvalue weighted by Gasteiger charge is 2.05. The van der Waals surface area contributed by atoms with E-state index in [9.17, 15) is 0 Å². The number of nitrogens with zero attached hydrogens (tertiary/aromatic N) is 1. The first kappa shape index (κ1) is 16.6. The molecule has 0 aromatic heterocycles. The highest BCUT2D eigenvalue weighted by molar-refractivity contribution is 7.99. The Bertz CT molecular complexity index is 387. The van der Waals surface area contributed by atoms with Gasteiger partial charge in [-0.25, -0.2) is 0 Å². The summed E-state index contributed by atoms with van der Waals surface area (Å²) in [6.45, 7) is 4.32. The minimum Gasteiger partial charge on any atom is -0.395 e. The Balaban J connectivity index is 2.23. The lowest BCUT2D eigenvalue weighted by Gasteiger charge is -2.23. The van der Waals surface area contributed by atoms with Crippen molar-refractivity contribution in [2.75, 3.05) is 32.0 Å². The van der Waals surface area contributed by atoms with E-state index < -0.39 is 0 Å². The van der Waals surface area contributed by atoms with Crippen molar-refractivity contribution in [3.05, 3.63) is 29.3 Å². The molecule has 0 atom stereocenters. The molecular weight excluding hydrogens is 300 g/mol. The van der Waals surface area contributed by atoms with Crippen molar-refractivity contribution in [2.24, 2.45) is 0 Å². The normalized spacial score (nSPS) is 10.3. The fourth-order valence-electron chi connectivity index (χ4n) is 1.49. The topological polar surface area (TPSA) is 35.5 Å². The number of halogens is 1.